The van der Waals surface area contributed by atoms with Crippen LogP contribution in [0.1, 0.15) is 36.3 Å². The Kier molecular flexibility index (Phi) is 3.99. The Morgan fingerprint density at radius 1 is 1.00 bits per heavy atom. The molecule has 2 aromatic carbocycles. The van der Waals surface area contributed by atoms with E-state index in [1.165, 1.54) is 0 Å². The normalized spacial score (nSPS) is 28.2. The Morgan fingerprint density at radius 2 is 1.59 bits per heavy atom. The predicted octanol–water partition coefficient (Wildman–Crippen LogP) is 3.54. The Balaban J connectivity index is 1.95. The molecule has 114 valence electrons. The number of carbonyl (C=O) groups is 1. The lowest BCUT2D eigenvalue weighted by molar-refractivity contribution is -0.146. The van der Waals surface area contributed by atoms with Crippen LogP contribution in [0.5, 0.6) is 0 Å². The van der Waals surface area contributed by atoms with Gasteiger partial charge in [-0.1, -0.05) is 60.7 Å². The third-order valence-corrected chi connectivity index (χ3v) is 4.77. The van der Waals surface area contributed by atoms with Crippen molar-refractivity contribution in [2.24, 2.45) is 5.92 Å². The van der Waals surface area contributed by atoms with Gasteiger partial charge in [-0.2, -0.15) is 0 Å². The molecule has 0 aromatic heterocycles. The van der Waals surface area contributed by atoms with E-state index in [-0.39, 0.29) is 5.92 Å². The zero-order chi connectivity index (χ0) is 15.6. The standard InChI is InChI=1S/C19H20O3/c20-18(21)16-11-12-19(22,15-9-5-2-6-10-15)13-17(16)14-7-3-1-4-8-14/h1-10,16-17,22H,11-13H2,(H,20,21)/t16-,17+,19-/m1/s1. The van der Waals surface area contributed by atoms with E-state index < -0.39 is 17.5 Å². The molecule has 0 heterocycles. The van der Waals surface area contributed by atoms with Crippen molar-refractivity contribution in [1.82, 2.24) is 0 Å². The van der Waals surface area contributed by atoms with E-state index >= 15 is 0 Å². The van der Waals surface area contributed by atoms with Crippen molar-refractivity contribution in [2.75, 3.05) is 0 Å². The summed E-state index contributed by atoms with van der Waals surface area (Å²) in [7, 11) is 0. The highest BCUT2D eigenvalue weighted by Crippen LogP contribution is 2.47. The molecule has 0 unspecified atom stereocenters. The Morgan fingerprint density at radius 3 is 2.18 bits per heavy atom. The smallest absolute Gasteiger partial charge is 0.307 e. The highest BCUT2D eigenvalue weighted by molar-refractivity contribution is 5.71. The van der Waals surface area contributed by atoms with Crippen LogP contribution in [0.3, 0.4) is 0 Å². The highest BCUT2D eigenvalue weighted by Gasteiger charge is 2.43. The van der Waals surface area contributed by atoms with Gasteiger partial charge in [-0.25, -0.2) is 0 Å². The molecule has 1 aliphatic rings. The first kappa shape index (κ1) is 14.8. The van der Waals surface area contributed by atoms with E-state index in [0.717, 1.165) is 11.1 Å². The second kappa shape index (κ2) is 5.93. The molecule has 1 fully saturated rings. The zero-order valence-corrected chi connectivity index (χ0v) is 12.4. The maximum Gasteiger partial charge on any atom is 0.307 e. The second-order valence-electron chi connectivity index (χ2n) is 6.10. The molecule has 3 nitrogen and oxygen atoms in total. The molecular weight excluding hydrogens is 276 g/mol. The Hall–Kier alpha value is -2.13. The molecule has 0 spiro atoms. The summed E-state index contributed by atoms with van der Waals surface area (Å²) in [5.74, 6) is -1.38. The van der Waals surface area contributed by atoms with E-state index in [1.807, 2.05) is 60.7 Å². The van der Waals surface area contributed by atoms with Gasteiger partial charge in [-0.05, 0) is 30.4 Å². The molecule has 3 rings (SSSR count). The number of carboxylic acid groups (broad SMARTS) is 1. The molecule has 0 saturated heterocycles. The topological polar surface area (TPSA) is 57.5 Å². The van der Waals surface area contributed by atoms with Crippen molar-refractivity contribution in [3.8, 4) is 0 Å². The lowest BCUT2D eigenvalue weighted by Crippen LogP contribution is -2.38. The summed E-state index contributed by atoms with van der Waals surface area (Å²) >= 11 is 0. The fourth-order valence-corrected chi connectivity index (χ4v) is 3.56. The molecular formula is C19H20O3. The van der Waals surface area contributed by atoms with E-state index in [1.54, 1.807) is 0 Å². The van der Waals surface area contributed by atoms with Crippen LogP contribution in [-0.2, 0) is 10.4 Å². The van der Waals surface area contributed by atoms with Gasteiger partial charge >= 0.3 is 5.97 Å². The zero-order valence-electron chi connectivity index (χ0n) is 12.4. The van der Waals surface area contributed by atoms with Crippen LogP contribution in [0.4, 0.5) is 0 Å². The van der Waals surface area contributed by atoms with Gasteiger partial charge in [0.2, 0.25) is 0 Å². The molecule has 0 bridgehead atoms. The van der Waals surface area contributed by atoms with Gasteiger partial charge < -0.3 is 10.2 Å². The third kappa shape index (κ3) is 2.77. The van der Waals surface area contributed by atoms with Crippen LogP contribution < -0.4 is 0 Å². The molecule has 2 N–H and O–H groups in total. The Labute approximate surface area is 130 Å². The minimum atomic E-state index is -0.951. The van der Waals surface area contributed by atoms with Gasteiger partial charge in [0.15, 0.2) is 0 Å². The summed E-state index contributed by atoms with van der Waals surface area (Å²) < 4.78 is 0. The van der Waals surface area contributed by atoms with Crippen molar-refractivity contribution in [3.63, 3.8) is 0 Å². The Bertz CT molecular complexity index is 638. The summed E-state index contributed by atoms with van der Waals surface area (Å²) in [5.41, 5.74) is 0.914. The number of carboxylic acids is 1. The summed E-state index contributed by atoms with van der Waals surface area (Å²) in [5, 5.41) is 20.6. The SMILES string of the molecule is O=C(O)[C@@H]1CC[C@](O)(c2ccccc2)C[C@H]1c1ccccc1. The minimum Gasteiger partial charge on any atom is -0.481 e. The summed E-state index contributed by atoms with van der Waals surface area (Å²) in [6.45, 7) is 0. The van der Waals surface area contributed by atoms with Crippen LogP contribution in [-0.4, -0.2) is 16.2 Å². The number of aliphatic carboxylic acids is 1. The van der Waals surface area contributed by atoms with Crippen molar-refractivity contribution in [3.05, 3.63) is 71.8 Å². The van der Waals surface area contributed by atoms with Crippen molar-refractivity contribution >= 4 is 5.97 Å². The second-order valence-corrected chi connectivity index (χ2v) is 6.10. The number of rotatable bonds is 3. The van der Waals surface area contributed by atoms with Crippen molar-refractivity contribution in [2.45, 2.75) is 30.8 Å². The largest absolute Gasteiger partial charge is 0.481 e. The van der Waals surface area contributed by atoms with E-state index in [0.29, 0.717) is 19.3 Å². The fraction of sp³-hybridized carbons (Fsp3) is 0.316. The molecule has 22 heavy (non-hydrogen) atoms. The van der Waals surface area contributed by atoms with E-state index in [2.05, 4.69) is 0 Å². The highest BCUT2D eigenvalue weighted by atomic mass is 16.4. The van der Waals surface area contributed by atoms with Crippen LogP contribution in [0.2, 0.25) is 0 Å². The van der Waals surface area contributed by atoms with Crippen LogP contribution in [0.25, 0.3) is 0 Å². The first-order valence-corrected chi connectivity index (χ1v) is 7.66. The summed E-state index contributed by atoms with van der Waals surface area (Å²) in [6.07, 6.45) is 1.41. The third-order valence-electron chi connectivity index (χ3n) is 4.77. The van der Waals surface area contributed by atoms with E-state index in [4.69, 9.17) is 0 Å². The maximum atomic E-state index is 11.6. The molecule has 2 aromatic rings. The lowest BCUT2D eigenvalue weighted by atomic mass is 9.67. The van der Waals surface area contributed by atoms with Crippen LogP contribution in [0.15, 0.2) is 60.7 Å². The number of benzene rings is 2. The average molecular weight is 296 g/mol. The average Bonchev–Trinajstić information content (AvgIpc) is 2.56. The van der Waals surface area contributed by atoms with Gasteiger partial charge in [0, 0.05) is 5.92 Å². The fourth-order valence-electron chi connectivity index (χ4n) is 3.56. The molecule has 3 heteroatoms. The minimum absolute atomic E-state index is 0.169. The van der Waals surface area contributed by atoms with Crippen LogP contribution in [0, 0.1) is 5.92 Å². The van der Waals surface area contributed by atoms with Gasteiger partial charge in [-0.3, -0.25) is 4.79 Å². The number of aliphatic hydroxyl groups is 1. The molecule has 0 radical (unpaired) electrons. The van der Waals surface area contributed by atoms with Gasteiger partial charge in [0.05, 0.1) is 11.5 Å². The first-order chi connectivity index (χ1) is 10.6. The number of hydrogen-bond acceptors (Lipinski definition) is 2. The summed E-state index contributed by atoms with van der Waals surface area (Å²) in [6, 6.07) is 19.3. The van der Waals surface area contributed by atoms with Gasteiger partial charge in [-0.15, -0.1) is 0 Å². The quantitative estimate of drug-likeness (QED) is 0.910. The van der Waals surface area contributed by atoms with Crippen molar-refractivity contribution in [1.29, 1.82) is 0 Å². The summed E-state index contributed by atoms with van der Waals surface area (Å²) in [4.78, 5) is 11.6. The van der Waals surface area contributed by atoms with Crippen molar-refractivity contribution < 1.29 is 15.0 Å². The molecule has 0 aliphatic heterocycles. The van der Waals surface area contributed by atoms with E-state index in [9.17, 15) is 15.0 Å². The van der Waals surface area contributed by atoms with Gasteiger partial charge in [0.1, 0.15) is 0 Å². The maximum absolute atomic E-state index is 11.6. The number of hydrogen-bond donors (Lipinski definition) is 2. The van der Waals surface area contributed by atoms with Gasteiger partial charge in [0.25, 0.3) is 0 Å². The molecule has 1 saturated carbocycles. The lowest BCUT2D eigenvalue weighted by Gasteiger charge is -2.40. The molecule has 1 aliphatic carbocycles. The molecule has 0 amide bonds. The predicted molar refractivity (Wildman–Crippen MR) is 84.5 cm³/mol. The monoisotopic (exact) mass is 296 g/mol. The molecule has 3 atom stereocenters. The van der Waals surface area contributed by atoms with Crippen LogP contribution >= 0.6 is 0 Å². The first-order valence-electron chi connectivity index (χ1n) is 7.66.